The van der Waals surface area contributed by atoms with Crippen LogP contribution in [0.25, 0.3) is 22.2 Å². The summed E-state index contributed by atoms with van der Waals surface area (Å²) in [6.07, 6.45) is 9.31. The van der Waals surface area contributed by atoms with Gasteiger partial charge in [-0.2, -0.15) is 9.78 Å². The van der Waals surface area contributed by atoms with Gasteiger partial charge in [-0.1, -0.05) is 23.8 Å². The van der Waals surface area contributed by atoms with Crippen LogP contribution in [0.4, 0.5) is 5.82 Å². The maximum Gasteiger partial charge on any atom is 0.257 e. The number of carbonyl (C=O) groups is 1. The van der Waals surface area contributed by atoms with Crippen LogP contribution in [0.5, 0.6) is 11.5 Å². The molecule has 0 saturated heterocycles. The first-order valence-corrected chi connectivity index (χ1v) is 12.6. The lowest BCUT2D eigenvalue weighted by Crippen LogP contribution is -2.25. The Kier molecular flexibility index (Phi) is 7.02. The van der Waals surface area contributed by atoms with E-state index in [2.05, 4.69) is 16.5 Å². The van der Waals surface area contributed by atoms with E-state index in [9.17, 15) is 9.90 Å². The number of benzene rings is 2. The van der Waals surface area contributed by atoms with Crippen LogP contribution in [0.15, 0.2) is 59.2 Å². The second kappa shape index (κ2) is 10.7. The number of aromatic hydroxyl groups is 1. The Morgan fingerprint density at radius 1 is 1.22 bits per heavy atom. The summed E-state index contributed by atoms with van der Waals surface area (Å²) < 4.78 is 6.90. The van der Waals surface area contributed by atoms with Crippen molar-refractivity contribution in [3.05, 3.63) is 65.2 Å². The fourth-order valence-corrected chi connectivity index (χ4v) is 4.55. The number of ether oxygens (including phenoxy) is 1. The number of anilines is 1. The minimum absolute atomic E-state index is 0.0465. The highest BCUT2D eigenvalue weighted by atomic mass is 16.5. The molecule has 0 aliphatic heterocycles. The molecule has 2 aromatic heterocycles. The molecule has 190 valence electrons. The fraction of sp³-hybridized carbons (Fsp3) is 0.286. The number of phenolic OH excluding ortho intramolecular Hbond substituents is 1. The van der Waals surface area contributed by atoms with Crippen LogP contribution in [0.2, 0.25) is 0 Å². The highest BCUT2D eigenvalue weighted by Crippen LogP contribution is 2.29. The zero-order valence-electron chi connectivity index (χ0n) is 20.8. The Bertz CT molecular complexity index is 1520. The van der Waals surface area contributed by atoms with E-state index in [0.29, 0.717) is 46.7 Å². The molecule has 4 aromatic rings. The fourth-order valence-electron chi connectivity index (χ4n) is 4.55. The van der Waals surface area contributed by atoms with Crippen LogP contribution < -0.4 is 15.8 Å². The number of hydrogen-bond acceptors (Lipinski definition) is 7. The van der Waals surface area contributed by atoms with Crippen molar-refractivity contribution in [1.29, 1.82) is 0 Å². The predicted octanol–water partition coefficient (Wildman–Crippen LogP) is 4.77. The molecule has 0 saturated carbocycles. The van der Waals surface area contributed by atoms with Gasteiger partial charge in [-0.3, -0.25) is 4.79 Å². The number of carbonyl (C=O) groups excluding carboxylic acids is 1. The highest BCUT2D eigenvalue weighted by Gasteiger charge is 2.24. The molecule has 1 amide bonds. The Morgan fingerprint density at radius 2 is 2.03 bits per heavy atom. The normalized spacial score (nSPS) is 13.8. The number of nitrogens with zero attached hydrogens (tertiary/aromatic N) is 4. The van der Waals surface area contributed by atoms with Gasteiger partial charge >= 0.3 is 0 Å². The number of nitrogens with one attached hydrogen (secondary N) is 1. The molecule has 1 aliphatic rings. The maximum atomic E-state index is 13.3. The first-order valence-electron chi connectivity index (χ1n) is 12.6. The van der Waals surface area contributed by atoms with Crippen LogP contribution in [-0.2, 0) is 0 Å². The van der Waals surface area contributed by atoms with Gasteiger partial charge in [-0.25, -0.2) is 9.97 Å². The Hall–Kier alpha value is -4.40. The molecule has 1 aliphatic carbocycles. The molecular formula is C28H30N6O3. The van der Waals surface area contributed by atoms with Crippen LogP contribution >= 0.6 is 0 Å². The Labute approximate surface area is 214 Å². The SMILES string of the molecule is CCOc1cc(C=Nn2c(N)c(C(=O)NCCC3=CCCCC3)c3nc4ccccc4nc32)ccc1O. The number of nitrogens with two attached hydrogens (primary N) is 1. The lowest BCUT2D eigenvalue weighted by molar-refractivity contribution is 0.0956. The van der Waals surface area contributed by atoms with Crippen molar-refractivity contribution in [2.45, 2.75) is 39.0 Å². The second-order valence-corrected chi connectivity index (χ2v) is 8.98. The monoisotopic (exact) mass is 498 g/mol. The number of rotatable bonds is 8. The van der Waals surface area contributed by atoms with E-state index in [1.807, 2.05) is 31.2 Å². The molecule has 0 unspecified atom stereocenters. The average molecular weight is 499 g/mol. The summed E-state index contributed by atoms with van der Waals surface area (Å²) in [5, 5.41) is 17.5. The number of phenols is 1. The van der Waals surface area contributed by atoms with Crippen molar-refractivity contribution < 1.29 is 14.6 Å². The number of aromatic nitrogens is 3. The minimum Gasteiger partial charge on any atom is -0.504 e. The maximum absolute atomic E-state index is 13.3. The Balaban J connectivity index is 1.51. The third-order valence-corrected chi connectivity index (χ3v) is 6.42. The van der Waals surface area contributed by atoms with Crippen molar-refractivity contribution in [2.75, 3.05) is 18.9 Å². The number of nitrogen functional groups attached to an aromatic ring is 1. The summed E-state index contributed by atoms with van der Waals surface area (Å²) in [5.41, 5.74) is 10.9. The van der Waals surface area contributed by atoms with Gasteiger partial charge in [0.2, 0.25) is 0 Å². The zero-order chi connectivity index (χ0) is 25.8. The van der Waals surface area contributed by atoms with E-state index in [1.165, 1.54) is 29.2 Å². The number of allylic oxidation sites excluding steroid dienone is 1. The van der Waals surface area contributed by atoms with Gasteiger partial charge in [0.05, 0.1) is 23.9 Å². The van der Waals surface area contributed by atoms with E-state index in [-0.39, 0.29) is 23.0 Å². The van der Waals surface area contributed by atoms with Crippen molar-refractivity contribution >= 4 is 40.1 Å². The third-order valence-electron chi connectivity index (χ3n) is 6.42. The van der Waals surface area contributed by atoms with Gasteiger partial charge < -0.3 is 20.9 Å². The molecule has 0 fully saturated rings. The molecule has 0 radical (unpaired) electrons. The van der Waals surface area contributed by atoms with Crippen LogP contribution in [0, 0.1) is 0 Å². The minimum atomic E-state index is -0.305. The summed E-state index contributed by atoms with van der Waals surface area (Å²) >= 11 is 0. The Morgan fingerprint density at radius 3 is 2.78 bits per heavy atom. The number of fused-ring (bicyclic) bond motifs is 2. The molecule has 4 N–H and O–H groups in total. The van der Waals surface area contributed by atoms with Gasteiger partial charge in [0.1, 0.15) is 16.9 Å². The molecule has 37 heavy (non-hydrogen) atoms. The molecule has 2 heterocycles. The summed E-state index contributed by atoms with van der Waals surface area (Å²) in [7, 11) is 0. The van der Waals surface area contributed by atoms with Gasteiger partial charge in [0.15, 0.2) is 17.1 Å². The molecule has 9 heteroatoms. The lowest BCUT2D eigenvalue weighted by atomic mass is 9.97. The van der Waals surface area contributed by atoms with Crippen molar-refractivity contribution in [1.82, 2.24) is 20.0 Å². The zero-order valence-corrected chi connectivity index (χ0v) is 20.8. The quantitative estimate of drug-likeness (QED) is 0.237. The standard InChI is InChI=1S/C28H30N6O3/c1-2-37-23-16-19(12-13-22(23)35)17-31-34-26(29)24(28(36)30-15-14-18-8-4-3-5-9-18)25-27(34)33-21-11-7-6-10-20(21)32-25/h6-8,10-13,16-17,35H,2-5,9,14-15,29H2,1H3,(H,30,36). The molecular weight excluding hydrogens is 468 g/mol. The van der Waals surface area contributed by atoms with E-state index >= 15 is 0 Å². The van der Waals surface area contributed by atoms with Crippen LogP contribution in [0.3, 0.4) is 0 Å². The average Bonchev–Trinajstić information content (AvgIpc) is 3.18. The third kappa shape index (κ3) is 5.11. The molecule has 2 aromatic carbocycles. The van der Waals surface area contributed by atoms with E-state index in [4.69, 9.17) is 20.4 Å². The molecule has 0 atom stereocenters. The summed E-state index contributed by atoms with van der Waals surface area (Å²) in [5.74, 6) is 0.251. The first kappa shape index (κ1) is 24.3. The van der Waals surface area contributed by atoms with Gasteiger partial charge in [0, 0.05) is 6.54 Å². The first-order chi connectivity index (χ1) is 18.0. The van der Waals surface area contributed by atoms with Gasteiger partial charge in [-0.05, 0) is 74.9 Å². The summed E-state index contributed by atoms with van der Waals surface area (Å²) in [4.78, 5) is 22.8. The molecule has 0 bridgehead atoms. The largest absolute Gasteiger partial charge is 0.504 e. The smallest absolute Gasteiger partial charge is 0.257 e. The van der Waals surface area contributed by atoms with Crippen molar-refractivity contribution in [3.8, 4) is 11.5 Å². The molecule has 9 nitrogen and oxygen atoms in total. The number of para-hydroxylation sites is 2. The van der Waals surface area contributed by atoms with Gasteiger partial charge in [0.25, 0.3) is 5.91 Å². The molecule has 5 rings (SSSR count). The van der Waals surface area contributed by atoms with Crippen LogP contribution in [0.1, 0.15) is 54.9 Å². The van der Waals surface area contributed by atoms with E-state index in [0.717, 1.165) is 19.3 Å². The van der Waals surface area contributed by atoms with Crippen molar-refractivity contribution in [3.63, 3.8) is 0 Å². The number of amides is 1. The second-order valence-electron chi connectivity index (χ2n) is 8.98. The topological polar surface area (TPSA) is 128 Å². The van der Waals surface area contributed by atoms with Crippen LogP contribution in [-0.4, -0.2) is 45.0 Å². The lowest BCUT2D eigenvalue weighted by Gasteiger charge is -2.13. The highest BCUT2D eigenvalue weighted by molar-refractivity contribution is 6.10. The van der Waals surface area contributed by atoms with E-state index in [1.54, 1.807) is 18.3 Å². The number of hydrogen-bond donors (Lipinski definition) is 3. The molecule has 0 spiro atoms. The summed E-state index contributed by atoms with van der Waals surface area (Å²) in [6.45, 7) is 2.78. The predicted molar refractivity (Wildman–Crippen MR) is 145 cm³/mol. The van der Waals surface area contributed by atoms with Gasteiger partial charge in [-0.15, -0.1) is 0 Å². The van der Waals surface area contributed by atoms with Crippen molar-refractivity contribution in [2.24, 2.45) is 5.10 Å². The van der Waals surface area contributed by atoms with E-state index < -0.39 is 0 Å². The summed E-state index contributed by atoms with van der Waals surface area (Å²) in [6, 6.07) is 12.4.